The standard InChI is InChI=1S/C19H32N4O/c1-3-22-11-13-23(14-12-22)10-5-4-9-20-19(24)21-16-18-8-6-7-17(2)15-18/h6-8,15H,3-5,9-14,16H2,1-2H3,(H2,20,21,24). The largest absolute Gasteiger partial charge is 0.338 e. The molecule has 1 aliphatic heterocycles. The Morgan fingerprint density at radius 1 is 1.08 bits per heavy atom. The van der Waals surface area contributed by atoms with E-state index in [1.54, 1.807) is 0 Å². The Bertz CT molecular complexity index is 498. The monoisotopic (exact) mass is 332 g/mol. The number of benzene rings is 1. The molecule has 1 heterocycles. The molecule has 1 saturated heterocycles. The molecule has 0 aliphatic carbocycles. The fourth-order valence-corrected chi connectivity index (χ4v) is 3.06. The molecule has 0 spiro atoms. The van der Waals surface area contributed by atoms with Crippen LogP contribution in [0.15, 0.2) is 24.3 Å². The van der Waals surface area contributed by atoms with Crippen molar-refractivity contribution < 1.29 is 4.79 Å². The van der Waals surface area contributed by atoms with E-state index >= 15 is 0 Å². The van der Waals surface area contributed by atoms with Crippen molar-refractivity contribution in [2.75, 3.05) is 45.8 Å². The molecule has 0 atom stereocenters. The van der Waals surface area contributed by atoms with Gasteiger partial charge >= 0.3 is 6.03 Å². The van der Waals surface area contributed by atoms with Gasteiger partial charge in [-0.05, 0) is 38.4 Å². The van der Waals surface area contributed by atoms with Crippen molar-refractivity contribution in [3.63, 3.8) is 0 Å². The zero-order valence-corrected chi connectivity index (χ0v) is 15.2. The fraction of sp³-hybridized carbons (Fsp3) is 0.632. The van der Waals surface area contributed by atoms with Crippen LogP contribution in [0, 0.1) is 6.92 Å². The molecule has 0 aromatic heterocycles. The van der Waals surface area contributed by atoms with E-state index in [0.717, 1.165) is 38.0 Å². The van der Waals surface area contributed by atoms with E-state index in [1.807, 2.05) is 12.1 Å². The minimum atomic E-state index is -0.0759. The lowest BCUT2D eigenvalue weighted by Gasteiger charge is -2.33. The highest BCUT2D eigenvalue weighted by molar-refractivity contribution is 5.73. The summed E-state index contributed by atoms with van der Waals surface area (Å²) < 4.78 is 0. The Hall–Kier alpha value is -1.59. The van der Waals surface area contributed by atoms with Crippen LogP contribution in [-0.4, -0.2) is 61.6 Å². The van der Waals surface area contributed by atoms with Gasteiger partial charge in [-0.15, -0.1) is 0 Å². The Labute approximate surface area is 146 Å². The summed E-state index contributed by atoms with van der Waals surface area (Å²) in [6, 6.07) is 8.13. The van der Waals surface area contributed by atoms with Crippen LogP contribution >= 0.6 is 0 Å². The van der Waals surface area contributed by atoms with Crippen molar-refractivity contribution in [2.24, 2.45) is 0 Å². The molecule has 0 radical (unpaired) electrons. The van der Waals surface area contributed by atoms with Gasteiger partial charge in [-0.2, -0.15) is 0 Å². The molecule has 2 amide bonds. The van der Waals surface area contributed by atoms with Gasteiger partial charge in [0.25, 0.3) is 0 Å². The van der Waals surface area contributed by atoms with Gasteiger partial charge in [0.05, 0.1) is 0 Å². The number of rotatable bonds is 8. The van der Waals surface area contributed by atoms with Crippen LogP contribution in [0.4, 0.5) is 4.79 Å². The van der Waals surface area contributed by atoms with E-state index in [2.05, 4.69) is 46.4 Å². The number of unbranched alkanes of at least 4 members (excludes halogenated alkanes) is 1. The van der Waals surface area contributed by atoms with Gasteiger partial charge in [0.15, 0.2) is 0 Å². The smallest absolute Gasteiger partial charge is 0.315 e. The lowest BCUT2D eigenvalue weighted by Crippen LogP contribution is -2.46. The summed E-state index contributed by atoms with van der Waals surface area (Å²) in [5.41, 5.74) is 2.35. The van der Waals surface area contributed by atoms with E-state index < -0.39 is 0 Å². The van der Waals surface area contributed by atoms with Gasteiger partial charge in [-0.25, -0.2) is 4.79 Å². The first-order valence-electron chi connectivity index (χ1n) is 9.19. The van der Waals surface area contributed by atoms with Gasteiger partial charge in [-0.3, -0.25) is 0 Å². The second-order valence-electron chi connectivity index (χ2n) is 6.58. The summed E-state index contributed by atoms with van der Waals surface area (Å²) in [5.74, 6) is 0. The number of amides is 2. The maximum Gasteiger partial charge on any atom is 0.315 e. The van der Waals surface area contributed by atoms with Crippen molar-refractivity contribution in [1.29, 1.82) is 0 Å². The summed E-state index contributed by atoms with van der Waals surface area (Å²) in [4.78, 5) is 16.8. The molecule has 1 aromatic carbocycles. The first kappa shape index (κ1) is 18.7. The van der Waals surface area contributed by atoms with E-state index in [-0.39, 0.29) is 6.03 Å². The molecule has 1 aliphatic rings. The van der Waals surface area contributed by atoms with Gasteiger partial charge in [0.2, 0.25) is 0 Å². The molecule has 24 heavy (non-hydrogen) atoms. The molecular weight excluding hydrogens is 300 g/mol. The van der Waals surface area contributed by atoms with Gasteiger partial charge in [0, 0.05) is 39.3 Å². The lowest BCUT2D eigenvalue weighted by molar-refractivity contribution is 0.135. The predicted octanol–water partition coefficient (Wildman–Crippen LogP) is 2.21. The molecular formula is C19H32N4O. The SMILES string of the molecule is CCN1CCN(CCCCNC(=O)NCc2cccc(C)c2)CC1. The van der Waals surface area contributed by atoms with Crippen molar-refractivity contribution in [3.05, 3.63) is 35.4 Å². The number of carbonyl (C=O) groups is 1. The molecule has 0 bridgehead atoms. The molecule has 0 saturated carbocycles. The van der Waals surface area contributed by atoms with Crippen molar-refractivity contribution in [3.8, 4) is 0 Å². The third-order valence-electron chi connectivity index (χ3n) is 4.63. The number of nitrogens with zero attached hydrogens (tertiary/aromatic N) is 2. The molecule has 5 heteroatoms. The van der Waals surface area contributed by atoms with Crippen molar-refractivity contribution >= 4 is 6.03 Å². The maximum atomic E-state index is 11.8. The van der Waals surface area contributed by atoms with Gasteiger partial charge in [-0.1, -0.05) is 36.8 Å². The second kappa shape index (κ2) is 10.3. The summed E-state index contributed by atoms with van der Waals surface area (Å²) in [5, 5.41) is 5.86. The summed E-state index contributed by atoms with van der Waals surface area (Å²) in [7, 11) is 0. The first-order valence-corrected chi connectivity index (χ1v) is 9.19. The van der Waals surface area contributed by atoms with Crippen molar-refractivity contribution in [1.82, 2.24) is 20.4 Å². The first-order chi connectivity index (χ1) is 11.7. The van der Waals surface area contributed by atoms with Gasteiger partial charge in [0.1, 0.15) is 0 Å². The number of carbonyl (C=O) groups excluding carboxylic acids is 1. The van der Waals surface area contributed by atoms with Gasteiger partial charge < -0.3 is 20.4 Å². The Morgan fingerprint density at radius 2 is 1.83 bits per heavy atom. The number of hydrogen-bond acceptors (Lipinski definition) is 3. The van der Waals surface area contributed by atoms with E-state index in [1.165, 1.54) is 31.7 Å². The normalized spacial score (nSPS) is 16.1. The topological polar surface area (TPSA) is 47.6 Å². The van der Waals surface area contributed by atoms with Crippen molar-refractivity contribution in [2.45, 2.75) is 33.2 Å². The number of urea groups is 1. The molecule has 0 unspecified atom stereocenters. The maximum absolute atomic E-state index is 11.8. The molecule has 5 nitrogen and oxygen atoms in total. The summed E-state index contributed by atoms with van der Waals surface area (Å²) in [6.45, 7) is 12.7. The van der Waals surface area contributed by atoms with E-state index in [9.17, 15) is 4.79 Å². The van der Waals surface area contributed by atoms with Crippen LogP contribution in [0.2, 0.25) is 0 Å². The molecule has 2 rings (SSSR count). The minimum absolute atomic E-state index is 0.0759. The van der Waals surface area contributed by atoms with Crippen LogP contribution in [0.5, 0.6) is 0 Å². The van der Waals surface area contributed by atoms with Crippen LogP contribution < -0.4 is 10.6 Å². The zero-order chi connectivity index (χ0) is 17.2. The number of hydrogen-bond donors (Lipinski definition) is 2. The van der Waals surface area contributed by atoms with Crippen LogP contribution in [0.1, 0.15) is 30.9 Å². The van der Waals surface area contributed by atoms with Crippen LogP contribution in [0.25, 0.3) is 0 Å². The second-order valence-corrected chi connectivity index (χ2v) is 6.58. The highest BCUT2D eigenvalue weighted by Crippen LogP contribution is 2.04. The van der Waals surface area contributed by atoms with Crippen LogP contribution in [-0.2, 0) is 6.54 Å². The highest BCUT2D eigenvalue weighted by Gasteiger charge is 2.14. The number of aryl methyl sites for hydroxylation is 1. The molecule has 134 valence electrons. The third-order valence-corrected chi connectivity index (χ3v) is 4.63. The zero-order valence-electron chi connectivity index (χ0n) is 15.2. The Kier molecular flexibility index (Phi) is 8.05. The Morgan fingerprint density at radius 3 is 2.54 bits per heavy atom. The lowest BCUT2D eigenvalue weighted by atomic mass is 10.1. The van der Waals surface area contributed by atoms with E-state index in [0.29, 0.717) is 6.54 Å². The Balaban J connectivity index is 1.49. The average Bonchev–Trinajstić information content (AvgIpc) is 2.60. The molecule has 2 N–H and O–H groups in total. The third kappa shape index (κ3) is 6.89. The molecule has 1 aromatic rings. The van der Waals surface area contributed by atoms with E-state index in [4.69, 9.17) is 0 Å². The summed E-state index contributed by atoms with van der Waals surface area (Å²) >= 11 is 0. The molecule has 1 fully saturated rings. The minimum Gasteiger partial charge on any atom is -0.338 e. The number of likely N-dealkylation sites (N-methyl/N-ethyl adjacent to an activating group) is 1. The number of piperazine rings is 1. The quantitative estimate of drug-likeness (QED) is 0.718. The predicted molar refractivity (Wildman–Crippen MR) is 99.2 cm³/mol. The highest BCUT2D eigenvalue weighted by atomic mass is 16.2. The fourth-order valence-electron chi connectivity index (χ4n) is 3.06. The summed E-state index contributed by atoms with van der Waals surface area (Å²) in [6.07, 6.45) is 2.18. The number of nitrogens with one attached hydrogen (secondary N) is 2. The average molecular weight is 332 g/mol. The van der Waals surface area contributed by atoms with Crippen LogP contribution in [0.3, 0.4) is 0 Å².